The van der Waals surface area contributed by atoms with Gasteiger partial charge in [-0.05, 0) is 62.7 Å². The number of benzene rings is 2. The zero-order valence-corrected chi connectivity index (χ0v) is 17.7. The lowest BCUT2D eigenvalue weighted by molar-refractivity contribution is 0.0966. The van der Waals surface area contributed by atoms with E-state index in [4.69, 9.17) is 12.2 Å². The smallest absolute Gasteiger partial charge is 0.263 e. The molecular formula is C21H21F4N3O2S. The Balaban J connectivity index is 1.69. The van der Waals surface area contributed by atoms with Gasteiger partial charge >= 0.3 is 0 Å². The number of thiocarbonyl (C=S) groups is 1. The molecule has 1 amide bonds. The minimum Gasteiger partial charge on any atom is -0.491 e. The van der Waals surface area contributed by atoms with Gasteiger partial charge in [-0.25, -0.2) is 8.78 Å². The molecule has 0 aliphatic carbocycles. The minimum atomic E-state index is -1.88. The van der Waals surface area contributed by atoms with Crippen molar-refractivity contribution in [3.8, 4) is 5.75 Å². The van der Waals surface area contributed by atoms with Crippen LogP contribution in [-0.2, 0) is 0 Å². The molecule has 2 aromatic rings. The summed E-state index contributed by atoms with van der Waals surface area (Å²) in [5.74, 6) is -10.1. The van der Waals surface area contributed by atoms with Gasteiger partial charge in [0, 0.05) is 24.0 Å². The third-order valence-electron chi connectivity index (χ3n) is 5.14. The summed E-state index contributed by atoms with van der Waals surface area (Å²) in [6.45, 7) is 3.13. The van der Waals surface area contributed by atoms with E-state index in [0.29, 0.717) is 11.7 Å². The van der Waals surface area contributed by atoms with Gasteiger partial charge in [0.1, 0.15) is 5.56 Å². The van der Waals surface area contributed by atoms with Gasteiger partial charge in [0.25, 0.3) is 5.91 Å². The van der Waals surface area contributed by atoms with Crippen LogP contribution in [0.4, 0.5) is 28.9 Å². The number of hydrogen-bond donors (Lipinski definition) is 2. The van der Waals surface area contributed by atoms with E-state index in [-0.39, 0.29) is 5.11 Å². The fraction of sp³-hybridized carbons (Fsp3) is 0.333. The van der Waals surface area contributed by atoms with Gasteiger partial charge < -0.3 is 15.0 Å². The number of hydrogen-bond acceptors (Lipinski definition) is 4. The van der Waals surface area contributed by atoms with Crippen molar-refractivity contribution < 1.29 is 27.1 Å². The summed E-state index contributed by atoms with van der Waals surface area (Å²) in [6.07, 6.45) is 3.45. The summed E-state index contributed by atoms with van der Waals surface area (Å²) in [6, 6.07) is 7.69. The van der Waals surface area contributed by atoms with Gasteiger partial charge in [0.2, 0.25) is 11.6 Å². The number of amides is 1. The second kappa shape index (κ2) is 9.51. The summed E-state index contributed by atoms with van der Waals surface area (Å²) in [5, 5.41) is 4.43. The molecule has 5 nitrogen and oxygen atoms in total. The predicted molar refractivity (Wildman–Crippen MR) is 114 cm³/mol. The number of nitrogens with one attached hydrogen (secondary N) is 2. The van der Waals surface area contributed by atoms with Crippen LogP contribution in [0.25, 0.3) is 0 Å². The average Bonchev–Trinajstić information content (AvgIpc) is 2.74. The largest absolute Gasteiger partial charge is 0.491 e. The highest BCUT2D eigenvalue weighted by Gasteiger charge is 2.30. The van der Waals surface area contributed by atoms with E-state index in [1.807, 2.05) is 17.4 Å². The van der Waals surface area contributed by atoms with Gasteiger partial charge in [-0.3, -0.25) is 10.1 Å². The van der Waals surface area contributed by atoms with Crippen molar-refractivity contribution in [2.24, 2.45) is 0 Å². The third-order valence-corrected chi connectivity index (χ3v) is 5.35. The second-order valence-electron chi connectivity index (χ2n) is 7.16. The molecule has 0 aromatic heterocycles. The molecule has 0 unspecified atom stereocenters. The molecule has 1 aliphatic heterocycles. The van der Waals surface area contributed by atoms with Crippen molar-refractivity contribution in [2.45, 2.75) is 32.2 Å². The minimum absolute atomic E-state index is 0.292. The first-order valence-corrected chi connectivity index (χ1v) is 10.0. The Morgan fingerprint density at radius 2 is 1.68 bits per heavy atom. The van der Waals surface area contributed by atoms with Crippen molar-refractivity contribution in [2.75, 3.05) is 23.9 Å². The predicted octanol–water partition coefficient (Wildman–Crippen LogP) is 4.76. The zero-order valence-electron chi connectivity index (χ0n) is 16.9. The van der Waals surface area contributed by atoms with Crippen LogP contribution in [-0.4, -0.2) is 30.7 Å². The first-order chi connectivity index (χ1) is 14.7. The van der Waals surface area contributed by atoms with Crippen LogP contribution in [0, 0.1) is 23.3 Å². The lowest BCUT2D eigenvalue weighted by Crippen LogP contribution is -2.37. The molecule has 0 saturated carbocycles. The van der Waals surface area contributed by atoms with Crippen LogP contribution in [0.3, 0.4) is 0 Å². The average molecular weight is 455 g/mol. The molecule has 1 heterocycles. The number of piperidine rings is 1. The maximum Gasteiger partial charge on any atom is 0.263 e. The standard InChI is InChI=1S/C21H21F4N3O2S/c1-11-5-3-4-10-28(11)13-8-6-12(7-9-13)26-21(31)27-20(29)14-15(22)17(24)19(30-2)18(25)16(14)23/h6-9,11H,3-5,10H2,1-2H3,(H2,26,27,29,31)/t11-/m0/s1. The van der Waals surface area contributed by atoms with Gasteiger partial charge in [-0.1, -0.05) is 0 Å². The van der Waals surface area contributed by atoms with Crippen LogP contribution < -0.4 is 20.3 Å². The van der Waals surface area contributed by atoms with E-state index in [0.717, 1.165) is 32.2 Å². The fourth-order valence-electron chi connectivity index (χ4n) is 3.54. The Morgan fingerprint density at radius 1 is 1.06 bits per heavy atom. The zero-order chi connectivity index (χ0) is 22.7. The maximum absolute atomic E-state index is 14.1. The molecule has 2 aromatic carbocycles. The number of halogens is 4. The molecule has 1 atom stereocenters. The summed E-state index contributed by atoms with van der Waals surface area (Å²) in [4.78, 5) is 14.5. The normalized spacial score (nSPS) is 16.1. The van der Waals surface area contributed by atoms with Gasteiger partial charge in [0.05, 0.1) is 7.11 Å². The van der Waals surface area contributed by atoms with Crippen LogP contribution in [0.15, 0.2) is 24.3 Å². The summed E-state index contributed by atoms with van der Waals surface area (Å²) >= 11 is 4.98. The Morgan fingerprint density at radius 3 is 2.23 bits per heavy atom. The number of methoxy groups -OCH3 is 1. The maximum atomic E-state index is 14.1. The lowest BCUT2D eigenvalue weighted by atomic mass is 10.0. The highest BCUT2D eigenvalue weighted by molar-refractivity contribution is 7.80. The SMILES string of the molecule is COc1c(F)c(F)c(C(=O)NC(=S)Nc2ccc(N3CCCC[C@@H]3C)cc2)c(F)c1F. The molecule has 2 N–H and O–H groups in total. The van der Waals surface area contributed by atoms with Crippen molar-refractivity contribution in [1.82, 2.24) is 5.32 Å². The Labute approximate surface area is 182 Å². The van der Waals surface area contributed by atoms with Crippen molar-refractivity contribution in [1.29, 1.82) is 0 Å². The van der Waals surface area contributed by atoms with Crippen molar-refractivity contribution >= 4 is 34.6 Å². The summed E-state index contributed by atoms with van der Waals surface area (Å²) in [7, 11) is 0.844. The quantitative estimate of drug-likeness (QED) is 0.396. The number of nitrogens with zero attached hydrogens (tertiary/aromatic N) is 1. The molecule has 0 radical (unpaired) electrons. The number of carbonyl (C=O) groups excluding carboxylic acids is 1. The van der Waals surface area contributed by atoms with Gasteiger partial charge in [-0.15, -0.1) is 0 Å². The van der Waals surface area contributed by atoms with Gasteiger partial charge in [0.15, 0.2) is 22.5 Å². The van der Waals surface area contributed by atoms with Crippen LogP contribution in [0.1, 0.15) is 36.5 Å². The topological polar surface area (TPSA) is 53.6 Å². The molecular weight excluding hydrogens is 434 g/mol. The molecule has 3 rings (SSSR count). The number of carbonyl (C=O) groups is 1. The van der Waals surface area contributed by atoms with Gasteiger partial charge in [-0.2, -0.15) is 8.78 Å². The molecule has 31 heavy (non-hydrogen) atoms. The van der Waals surface area contributed by atoms with E-state index in [1.54, 1.807) is 12.1 Å². The second-order valence-corrected chi connectivity index (χ2v) is 7.57. The highest BCUT2D eigenvalue weighted by Crippen LogP contribution is 2.30. The van der Waals surface area contributed by atoms with E-state index >= 15 is 0 Å². The Kier molecular flexibility index (Phi) is 6.99. The fourth-order valence-corrected chi connectivity index (χ4v) is 3.75. The number of anilines is 2. The molecule has 1 aliphatic rings. The molecule has 1 saturated heterocycles. The third kappa shape index (κ3) is 4.73. The first kappa shape index (κ1) is 22.8. The van der Waals surface area contributed by atoms with E-state index in [2.05, 4.69) is 21.9 Å². The molecule has 166 valence electrons. The van der Waals surface area contributed by atoms with E-state index in [9.17, 15) is 22.4 Å². The summed E-state index contributed by atoms with van der Waals surface area (Å²) in [5.41, 5.74) is 0.127. The van der Waals surface area contributed by atoms with E-state index in [1.165, 1.54) is 6.42 Å². The molecule has 0 spiro atoms. The highest BCUT2D eigenvalue weighted by atomic mass is 32.1. The number of rotatable bonds is 4. The first-order valence-electron chi connectivity index (χ1n) is 9.63. The monoisotopic (exact) mass is 455 g/mol. The van der Waals surface area contributed by atoms with Crippen LogP contribution >= 0.6 is 12.2 Å². The van der Waals surface area contributed by atoms with Crippen molar-refractivity contribution in [3.05, 3.63) is 53.1 Å². The summed E-state index contributed by atoms with van der Waals surface area (Å²) < 4.78 is 60.1. The molecule has 0 bridgehead atoms. The number of ether oxygens (including phenoxy) is 1. The molecule has 10 heteroatoms. The van der Waals surface area contributed by atoms with E-state index < -0.39 is 40.5 Å². The Hall–Kier alpha value is -2.88. The van der Waals surface area contributed by atoms with Crippen LogP contribution in [0.5, 0.6) is 5.75 Å². The Bertz CT molecular complexity index is 972. The lowest BCUT2D eigenvalue weighted by Gasteiger charge is -2.35. The van der Waals surface area contributed by atoms with Crippen LogP contribution in [0.2, 0.25) is 0 Å². The molecule has 1 fully saturated rings. The van der Waals surface area contributed by atoms with Crippen molar-refractivity contribution in [3.63, 3.8) is 0 Å².